The maximum Gasteiger partial charge on any atom is 2.00 e. The topological polar surface area (TPSA) is 47.6 Å². The van der Waals surface area contributed by atoms with Gasteiger partial charge in [0, 0.05) is 0 Å². The third-order valence-electron chi connectivity index (χ3n) is 0. The summed E-state index contributed by atoms with van der Waals surface area (Å²) >= 11 is 4.22. The molecule has 0 spiro atoms. The number of nitrogens with zero attached hydrogens (tertiary/aromatic N) is 2. The summed E-state index contributed by atoms with van der Waals surface area (Å²) in [6.45, 7) is 0. The van der Waals surface area contributed by atoms with Gasteiger partial charge in [0.2, 0.25) is 0 Å². The summed E-state index contributed by atoms with van der Waals surface area (Å²) < 4.78 is 0. The zero-order valence-corrected chi connectivity index (χ0v) is 10.5. The molecule has 5 heteroatoms. The largest absolute Gasteiger partial charge is 2.00 e. The average molecular weight is 417 g/mol. The number of hydrogen-bond donors (Lipinski definition) is 0. The van der Waals surface area contributed by atoms with Gasteiger partial charge in [0.1, 0.15) is 0 Å². The molecule has 0 saturated heterocycles. The molecule has 0 unspecified atom stereocenters. The summed E-state index contributed by atoms with van der Waals surface area (Å²) in [7, 11) is 0. The summed E-state index contributed by atoms with van der Waals surface area (Å²) in [6, 6.07) is 0. The predicted octanol–water partition coefficient (Wildman–Crippen LogP) is -1.11. The van der Waals surface area contributed by atoms with Gasteiger partial charge >= 0.3 is 79.8 Å². The normalized spacial score (nSPS) is 2.00. The molecule has 0 aliphatic heterocycles. The fraction of sp³-hybridized carbons (Fsp3) is 0. The van der Waals surface area contributed by atoms with E-state index in [9.17, 15) is 0 Å². The number of rotatable bonds is 0. The second-order valence-corrected chi connectivity index (χ2v) is 0.949. The van der Waals surface area contributed by atoms with Crippen molar-refractivity contribution in [3.8, 4) is 9.94 Å². The Hall–Kier alpha value is 0.941. The van der Waals surface area contributed by atoms with E-state index in [1.165, 1.54) is 0 Å². The molecule has 0 fully saturated rings. The van der Waals surface area contributed by atoms with E-state index >= 15 is 0 Å². The first-order valence-electron chi connectivity index (χ1n) is 0.855. The van der Waals surface area contributed by atoms with Crippen molar-refractivity contribution in [1.29, 1.82) is 10.5 Å². The van der Waals surface area contributed by atoms with Crippen LogP contribution >= 0.6 is 0 Å². The van der Waals surface area contributed by atoms with Gasteiger partial charge in [-0.1, -0.05) is 0 Å². The molecule has 0 aromatic rings. The van der Waals surface area contributed by atoms with E-state index < -0.39 is 0 Å². The SMILES string of the molecule is N#C[Se-].N#C[Se-].[Pb+2]. The Morgan fingerprint density at radius 2 is 1.00 bits per heavy atom. The minimum atomic E-state index is 0. The van der Waals surface area contributed by atoms with Crippen LogP contribution in [0.2, 0.25) is 0 Å². The van der Waals surface area contributed by atoms with E-state index in [1.54, 1.807) is 9.94 Å². The molecule has 0 N–H and O–H groups in total. The van der Waals surface area contributed by atoms with Crippen LogP contribution in [0.15, 0.2) is 0 Å². The molecule has 0 bridgehead atoms. The predicted molar refractivity (Wildman–Crippen MR) is 28.5 cm³/mol. The van der Waals surface area contributed by atoms with Crippen LogP contribution in [0, 0.1) is 20.5 Å². The van der Waals surface area contributed by atoms with E-state index in [0.29, 0.717) is 0 Å². The van der Waals surface area contributed by atoms with Gasteiger partial charge in [-0.2, -0.15) is 0 Å². The number of hydrogen-bond acceptors (Lipinski definition) is 2. The van der Waals surface area contributed by atoms with Crippen molar-refractivity contribution in [2.45, 2.75) is 0 Å². The van der Waals surface area contributed by atoms with Gasteiger partial charge < -0.3 is 0 Å². The van der Waals surface area contributed by atoms with Crippen molar-refractivity contribution in [2.75, 3.05) is 0 Å². The second kappa shape index (κ2) is 28.3. The van der Waals surface area contributed by atoms with Crippen LogP contribution in [0.4, 0.5) is 0 Å². The second-order valence-electron chi connectivity index (χ2n) is 0.183. The van der Waals surface area contributed by atoms with E-state index in [2.05, 4.69) is 32.0 Å². The van der Waals surface area contributed by atoms with Crippen molar-refractivity contribution in [3.63, 3.8) is 0 Å². The monoisotopic (exact) mass is 420 g/mol. The van der Waals surface area contributed by atoms with E-state index in [-0.39, 0.29) is 27.3 Å². The fourth-order valence-electron chi connectivity index (χ4n) is 0. The fourth-order valence-corrected chi connectivity index (χ4v) is 0. The van der Waals surface area contributed by atoms with Crippen molar-refractivity contribution < 1.29 is 0 Å². The minimum Gasteiger partial charge on any atom is 2.00 e. The molecule has 0 saturated carbocycles. The van der Waals surface area contributed by atoms with Gasteiger partial charge in [-0.25, -0.2) is 0 Å². The van der Waals surface area contributed by atoms with Gasteiger partial charge in [0.25, 0.3) is 0 Å². The Bertz CT molecular complexity index is 68.7. The summed E-state index contributed by atoms with van der Waals surface area (Å²) in [5, 5.41) is 14.5. The van der Waals surface area contributed by atoms with Crippen LogP contribution in [0.25, 0.3) is 0 Å². The molecule has 2 radical (unpaired) electrons. The standard InChI is InChI=1S/2CHNSe.Pb/c2*2-1-3;/h2*3H;/q;;+2/p-2. The zero-order valence-electron chi connectivity index (χ0n) is 3.21. The third-order valence-corrected chi connectivity index (χ3v) is 0. The quantitative estimate of drug-likeness (QED) is 0.470. The molecular weight excluding hydrogens is 417 g/mol. The van der Waals surface area contributed by atoms with E-state index in [4.69, 9.17) is 10.5 Å². The first kappa shape index (κ1) is 15.7. The van der Waals surface area contributed by atoms with Crippen molar-refractivity contribution in [3.05, 3.63) is 0 Å². The molecule has 0 aliphatic rings. The molecule has 0 rings (SSSR count). The Morgan fingerprint density at radius 3 is 1.00 bits per heavy atom. The van der Waals surface area contributed by atoms with Crippen LogP contribution in [-0.4, -0.2) is 59.3 Å². The minimum absolute atomic E-state index is 0. The first-order chi connectivity index (χ1) is 2.83. The summed E-state index contributed by atoms with van der Waals surface area (Å²) in [5.41, 5.74) is 0. The van der Waals surface area contributed by atoms with Crippen LogP contribution in [0.5, 0.6) is 0 Å². The average Bonchev–Trinajstić information content (AvgIpc) is 1.39. The maximum atomic E-state index is 7.26. The van der Waals surface area contributed by atoms with Crippen LogP contribution in [-0.2, 0) is 0 Å². The molecule has 2 nitrogen and oxygen atoms in total. The first-order valence-corrected chi connectivity index (χ1v) is 2.57. The molecule has 0 heterocycles. The summed E-state index contributed by atoms with van der Waals surface area (Å²) in [6.07, 6.45) is 0. The van der Waals surface area contributed by atoms with Crippen molar-refractivity contribution in [2.24, 2.45) is 0 Å². The Labute approximate surface area is 79.0 Å². The van der Waals surface area contributed by atoms with Crippen LogP contribution in [0.3, 0.4) is 0 Å². The maximum absolute atomic E-state index is 7.26. The summed E-state index contributed by atoms with van der Waals surface area (Å²) in [4.78, 5) is 3.25. The molecule has 34 valence electrons. The van der Waals surface area contributed by atoms with Crippen molar-refractivity contribution >= 4 is 59.3 Å². The van der Waals surface area contributed by atoms with Gasteiger partial charge in [-0.3, -0.25) is 0 Å². The van der Waals surface area contributed by atoms with Gasteiger partial charge in [-0.05, 0) is 0 Å². The van der Waals surface area contributed by atoms with Crippen LogP contribution in [0.1, 0.15) is 0 Å². The van der Waals surface area contributed by atoms with Gasteiger partial charge in [-0.15, -0.1) is 0 Å². The Kier molecular flexibility index (Phi) is 63.4. The zero-order chi connectivity index (χ0) is 5.41. The van der Waals surface area contributed by atoms with Crippen molar-refractivity contribution in [1.82, 2.24) is 0 Å². The molecule has 7 heavy (non-hydrogen) atoms. The Balaban J connectivity index is -0.0000000400. The third kappa shape index (κ3) is 191. The number of nitriles is 2. The summed E-state index contributed by atoms with van der Waals surface area (Å²) in [5.74, 6) is 0. The smallest absolute Gasteiger partial charge is 2.00 e. The molecule has 0 aliphatic carbocycles. The molecule has 0 aromatic carbocycles. The van der Waals surface area contributed by atoms with Crippen LogP contribution < -0.4 is 0 Å². The Morgan fingerprint density at radius 1 is 1.00 bits per heavy atom. The molecule has 0 aromatic heterocycles. The molecule has 0 atom stereocenters. The molecular formula is C2N2PbSe2. The van der Waals surface area contributed by atoms with Gasteiger partial charge in [0.15, 0.2) is 0 Å². The van der Waals surface area contributed by atoms with Gasteiger partial charge in [0.05, 0.1) is 0 Å². The van der Waals surface area contributed by atoms with E-state index in [1.807, 2.05) is 0 Å². The molecule has 0 amide bonds. The van der Waals surface area contributed by atoms with E-state index in [0.717, 1.165) is 0 Å².